The second-order valence-electron chi connectivity index (χ2n) is 4.58. The van der Waals surface area contributed by atoms with Crippen LogP contribution in [0.3, 0.4) is 0 Å². The number of allylic oxidation sites excluding steroid dienone is 1. The fourth-order valence-corrected chi connectivity index (χ4v) is 3.15. The number of aliphatic imine (C=N–C) groups is 1. The van der Waals surface area contributed by atoms with Crippen molar-refractivity contribution >= 4 is 17.5 Å². The Kier molecular flexibility index (Phi) is 4.13. The number of aromatic nitrogens is 1. The minimum absolute atomic E-state index is 0.0914. The minimum atomic E-state index is 0.0914. The predicted molar refractivity (Wildman–Crippen MR) is 86.1 cm³/mol. The molecule has 3 nitrogen and oxygen atoms in total. The maximum atomic E-state index is 8.82. The zero-order valence-electron chi connectivity index (χ0n) is 11.3. The molecule has 0 amide bonds. The summed E-state index contributed by atoms with van der Waals surface area (Å²) in [7, 11) is 0. The van der Waals surface area contributed by atoms with E-state index in [0.29, 0.717) is 5.75 Å². The van der Waals surface area contributed by atoms with Gasteiger partial charge < -0.3 is 0 Å². The lowest BCUT2D eigenvalue weighted by Crippen LogP contribution is -2.12. The molecule has 0 N–H and O–H groups in total. The van der Waals surface area contributed by atoms with Gasteiger partial charge in [-0.2, -0.15) is 5.26 Å². The molecule has 1 aliphatic rings. The SMILES string of the molecule is N#CCSC1=CN=C(c2cccnc2)C1c1ccccc1. The Morgan fingerprint density at radius 2 is 2.00 bits per heavy atom. The van der Waals surface area contributed by atoms with Crippen molar-refractivity contribution in [2.24, 2.45) is 4.99 Å². The first-order valence-electron chi connectivity index (χ1n) is 6.63. The number of pyridine rings is 1. The normalized spacial score (nSPS) is 17.0. The molecule has 102 valence electrons. The van der Waals surface area contributed by atoms with Gasteiger partial charge in [0.1, 0.15) is 0 Å². The molecule has 1 aromatic carbocycles. The average Bonchev–Trinajstić information content (AvgIpc) is 2.98. The van der Waals surface area contributed by atoms with Crippen LogP contribution in [0, 0.1) is 11.3 Å². The number of nitriles is 1. The maximum absolute atomic E-state index is 8.82. The maximum Gasteiger partial charge on any atom is 0.0852 e. The molecule has 3 rings (SSSR count). The third-order valence-electron chi connectivity index (χ3n) is 3.28. The van der Waals surface area contributed by atoms with E-state index in [1.807, 2.05) is 42.7 Å². The molecule has 4 heteroatoms. The number of benzene rings is 1. The number of hydrogen-bond donors (Lipinski definition) is 0. The first kappa shape index (κ1) is 13.6. The van der Waals surface area contributed by atoms with Gasteiger partial charge >= 0.3 is 0 Å². The molecule has 0 spiro atoms. The smallest absolute Gasteiger partial charge is 0.0852 e. The van der Waals surface area contributed by atoms with Gasteiger partial charge in [0.05, 0.1) is 23.5 Å². The van der Waals surface area contributed by atoms with Crippen LogP contribution in [-0.4, -0.2) is 16.4 Å². The number of hydrogen-bond acceptors (Lipinski definition) is 4. The van der Waals surface area contributed by atoms with Gasteiger partial charge in [-0.25, -0.2) is 0 Å². The number of rotatable bonds is 4. The van der Waals surface area contributed by atoms with E-state index in [4.69, 9.17) is 5.26 Å². The highest BCUT2D eigenvalue weighted by Crippen LogP contribution is 2.39. The zero-order valence-corrected chi connectivity index (χ0v) is 12.1. The third kappa shape index (κ3) is 2.88. The van der Waals surface area contributed by atoms with E-state index < -0.39 is 0 Å². The summed E-state index contributed by atoms with van der Waals surface area (Å²) >= 11 is 1.55. The Morgan fingerprint density at radius 1 is 1.14 bits per heavy atom. The Hall–Kier alpha value is -2.38. The monoisotopic (exact) mass is 291 g/mol. The molecular weight excluding hydrogens is 278 g/mol. The first-order valence-corrected chi connectivity index (χ1v) is 7.61. The summed E-state index contributed by atoms with van der Waals surface area (Å²) in [5.41, 5.74) is 3.21. The largest absolute Gasteiger partial charge is 0.264 e. The van der Waals surface area contributed by atoms with Crippen LogP contribution < -0.4 is 0 Å². The molecule has 0 aliphatic carbocycles. The second kappa shape index (κ2) is 6.38. The lowest BCUT2D eigenvalue weighted by Gasteiger charge is -2.17. The van der Waals surface area contributed by atoms with E-state index in [0.717, 1.165) is 16.2 Å². The van der Waals surface area contributed by atoms with Crippen LogP contribution in [0.2, 0.25) is 0 Å². The first-order chi connectivity index (χ1) is 10.4. The van der Waals surface area contributed by atoms with Crippen LogP contribution in [0.15, 0.2) is 71.0 Å². The van der Waals surface area contributed by atoms with E-state index in [2.05, 4.69) is 28.2 Å². The van der Waals surface area contributed by atoms with Crippen LogP contribution in [0.25, 0.3) is 0 Å². The second-order valence-corrected chi connectivity index (χ2v) is 5.63. The lowest BCUT2D eigenvalue weighted by atomic mass is 9.91. The highest BCUT2D eigenvalue weighted by atomic mass is 32.2. The molecule has 0 fully saturated rings. The van der Waals surface area contributed by atoms with Gasteiger partial charge in [0.25, 0.3) is 0 Å². The summed E-state index contributed by atoms with van der Waals surface area (Å²) in [6.45, 7) is 0. The van der Waals surface area contributed by atoms with Crippen molar-refractivity contribution in [3.8, 4) is 6.07 Å². The third-order valence-corrected chi connectivity index (χ3v) is 4.23. The molecule has 0 saturated carbocycles. The fraction of sp³-hybridized carbons (Fsp3) is 0.118. The molecule has 0 saturated heterocycles. The van der Waals surface area contributed by atoms with Gasteiger partial charge in [-0.1, -0.05) is 36.4 Å². The fourth-order valence-electron chi connectivity index (χ4n) is 2.38. The summed E-state index contributed by atoms with van der Waals surface area (Å²) < 4.78 is 0. The van der Waals surface area contributed by atoms with Crippen LogP contribution in [0.4, 0.5) is 0 Å². The van der Waals surface area contributed by atoms with Crippen molar-refractivity contribution in [3.63, 3.8) is 0 Å². The van der Waals surface area contributed by atoms with Gasteiger partial charge in [-0.15, -0.1) is 11.8 Å². The lowest BCUT2D eigenvalue weighted by molar-refractivity contribution is 1.14. The van der Waals surface area contributed by atoms with E-state index in [1.165, 1.54) is 5.56 Å². The van der Waals surface area contributed by atoms with Crippen molar-refractivity contribution in [1.82, 2.24) is 4.98 Å². The standard InChI is InChI=1S/C17H13N3S/c18-8-10-21-15-12-20-17(14-7-4-9-19-11-14)16(15)13-5-2-1-3-6-13/h1-7,9,11-12,16H,10H2. The minimum Gasteiger partial charge on any atom is -0.264 e. The molecule has 0 bridgehead atoms. The highest BCUT2D eigenvalue weighted by Gasteiger charge is 2.28. The van der Waals surface area contributed by atoms with Crippen LogP contribution >= 0.6 is 11.8 Å². The Bertz CT molecular complexity index is 715. The Morgan fingerprint density at radius 3 is 2.71 bits per heavy atom. The van der Waals surface area contributed by atoms with Gasteiger partial charge in [0.15, 0.2) is 0 Å². The van der Waals surface area contributed by atoms with E-state index in [1.54, 1.807) is 18.0 Å². The Labute approximate surface area is 128 Å². The topological polar surface area (TPSA) is 49.0 Å². The highest BCUT2D eigenvalue weighted by molar-refractivity contribution is 8.03. The van der Waals surface area contributed by atoms with Crippen molar-refractivity contribution < 1.29 is 0 Å². The summed E-state index contributed by atoms with van der Waals surface area (Å²) in [5, 5.41) is 8.82. The van der Waals surface area contributed by atoms with Gasteiger partial charge in [-0.05, 0) is 11.6 Å². The summed E-state index contributed by atoms with van der Waals surface area (Å²) in [5.74, 6) is 0.527. The van der Waals surface area contributed by atoms with Gasteiger partial charge in [-0.3, -0.25) is 9.98 Å². The van der Waals surface area contributed by atoms with E-state index >= 15 is 0 Å². The Balaban J connectivity index is 1.97. The van der Waals surface area contributed by atoms with Crippen molar-refractivity contribution in [1.29, 1.82) is 5.26 Å². The van der Waals surface area contributed by atoms with Gasteiger partial charge in [0, 0.05) is 29.1 Å². The summed E-state index contributed by atoms with van der Waals surface area (Å²) in [6.07, 6.45) is 5.47. The predicted octanol–water partition coefficient (Wildman–Crippen LogP) is 3.77. The van der Waals surface area contributed by atoms with E-state index in [9.17, 15) is 0 Å². The molecule has 0 radical (unpaired) electrons. The van der Waals surface area contributed by atoms with Crippen molar-refractivity contribution in [2.45, 2.75) is 5.92 Å². The van der Waals surface area contributed by atoms with Crippen molar-refractivity contribution in [2.75, 3.05) is 5.75 Å². The quantitative estimate of drug-likeness (QED) is 0.861. The molecular formula is C17H13N3S. The van der Waals surface area contributed by atoms with E-state index in [-0.39, 0.29) is 5.92 Å². The number of nitrogens with zero attached hydrogens (tertiary/aromatic N) is 3. The van der Waals surface area contributed by atoms with Crippen LogP contribution in [0.5, 0.6) is 0 Å². The zero-order chi connectivity index (χ0) is 14.5. The number of thioether (sulfide) groups is 1. The molecule has 1 aliphatic heterocycles. The molecule has 2 heterocycles. The molecule has 1 aromatic heterocycles. The van der Waals surface area contributed by atoms with Crippen LogP contribution in [-0.2, 0) is 0 Å². The van der Waals surface area contributed by atoms with Crippen molar-refractivity contribution in [3.05, 3.63) is 77.1 Å². The van der Waals surface area contributed by atoms with Crippen LogP contribution in [0.1, 0.15) is 17.0 Å². The molecule has 1 atom stereocenters. The average molecular weight is 291 g/mol. The summed E-state index contributed by atoms with van der Waals surface area (Å²) in [6, 6.07) is 16.4. The van der Waals surface area contributed by atoms with Gasteiger partial charge in [0.2, 0.25) is 0 Å². The molecule has 21 heavy (non-hydrogen) atoms. The summed E-state index contributed by atoms with van der Waals surface area (Å²) in [4.78, 5) is 9.88. The molecule has 2 aromatic rings. The molecule has 1 unspecified atom stereocenters.